The van der Waals surface area contributed by atoms with Gasteiger partial charge in [0.1, 0.15) is 11.9 Å². The SMILES string of the molecule is N#Cc1cnc(Nc2cc(NCC3CCCNC3)c(C(=O)NC3CCCC3)nn2)cn1. The minimum absolute atomic E-state index is 0.201. The van der Waals surface area contributed by atoms with E-state index in [2.05, 4.69) is 41.4 Å². The molecule has 2 fully saturated rings. The number of hydrogen-bond acceptors (Lipinski definition) is 9. The van der Waals surface area contributed by atoms with Gasteiger partial charge in [0, 0.05) is 18.7 Å². The Balaban J connectivity index is 1.50. The molecule has 162 valence electrons. The van der Waals surface area contributed by atoms with Gasteiger partial charge in [0.2, 0.25) is 0 Å². The number of amides is 1. The number of piperidine rings is 1. The molecule has 1 aliphatic heterocycles. The number of anilines is 3. The Labute approximate surface area is 181 Å². The second kappa shape index (κ2) is 10.1. The molecule has 31 heavy (non-hydrogen) atoms. The first-order valence-electron chi connectivity index (χ1n) is 10.8. The van der Waals surface area contributed by atoms with Gasteiger partial charge in [-0.1, -0.05) is 12.8 Å². The van der Waals surface area contributed by atoms with E-state index >= 15 is 0 Å². The van der Waals surface area contributed by atoms with Crippen LogP contribution in [0.1, 0.15) is 54.7 Å². The van der Waals surface area contributed by atoms with Gasteiger partial charge in [-0.2, -0.15) is 5.26 Å². The van der Waals surface area contributed by atoms with Crippen LogP contribution in [0.5, 0.6) is 0 Å². The predicted molar refractivity (Wildman–Crippen MR) is 116 cm³/mol. The van der Waals surface area contributed by atoms with Crippen LogP contribution in [0.15, 0.2) is 18.5 Å². The summed E-state index contributed by atoms with van der Waals surface area (Å²) in [5.41, 5.74) is 1.17. The number of carbonyl (C=O) groups is 1. The first-order valence-corrected chi connectivity index (χ1v) is 10.8. The van der Waals surface area contributed by atoms with E-state index in [9.17, 15) is 4.79 Å². The maximum Gasteiger partial charge on any atom is 0.274 e. The van der Waals surface area contributed by atoms with E-state index < -0.39 is 0 Å². The Morgan fingerprint density at radius 2 is 2.00 bits per heavy atom. The Morgan fingerprint density at radius 1 is 1.13 bits per heavy atom. The van der Waals surface area contributed by atoms with Crippen molar-refractivity contribution in [2.45, 2.75) is 44.6 Å². The molecule has 0 bridgehead atoms. The van der Waals surface area contributed by atoms with Crippen LogP contribution in [0.25, 0.3) is 0 Å². The lowest BCUT2D eigenvalue weighted by Gasteiger charge is -2.24. The fourth-order valence-electron chi connectivity index (χ4n) is 4.01. The average Bonchev–Trinajstić information content (AvgIpc) is 3.32. The van der Waals surface area contributed by atoms with E-state index in [0.717, 1.165) is 58.2 Å². The van der Waals surface area contributed by atoms with Crippen molar-refractivity contribution in [1.29, 1.82) is 5.26 Å². The number of nitrogens with zero attached hydrogens (tertiary/aromatic N) is 5. The lowest BCUT2D eigenvalue weighted by Crippen LogP contribution is -2.35. The van der Waals surface area contributed by atoms with Crippen LogP contribution in [0.2, 0.25) is 0 Å². The second-order valence-electron chi connectivity index (χ2n) is 8.06. The Kier molecular flexibility index (Phi) is 6.84. The molecule has 0 aromatic carbocycles. The predicted octanol–water partition coefficient (Wildman–Crippen LogP) is 1.97. The van der Waals surface area contributed by atoms with Crippen LogP contribution in [-0.4, -0.2) is 51.7 Å². The third kappa shape index (κ3) is 5.64. The van der Waals surface area contributed by atoms with Gasteiger partial charge in [0.05, 0.1) is 18.1 Å². The van der Waals surface area contributed by atoms with E-state index in [1.165, 1.54) is 12.4 Å². The summed E-state index contributed by atoms with van der Waals surface area (Å²) in [7, 11) is 0. The van der Waals surface area contributed by atoms with Crippen LogP contribution in [0.4, 0.5) is 17.3 Å². The summed E-state index contributed by atoms with van der Waals surface area (Å²) in [6, 6.07) is 3.91. The molecule has 2 aromatic heterocycles. The van der Waals surface area contributed by atoms with Gasteiger partial charge >= 0.3 is 0 Å². The zero-order chi connectivity index (χ0) is 21.5. The van der Waals surface area contributed by atoms with Crippen molar-refractivity contribution in [3.63, 3.8) is 0 Å². The summed E-state index contributed by atoms with van der Waals surface area (Å²) >= 11 is 0. The van der Waals surface area contributed by atoms with E-state index in [4.69, 9.17) is 5.26 Å². The molecule has 3 heterocycles. The van der Waals surface area contributed by atoms with Crippen LogP contribution >= 0.6 is 0 Å². The number of nitriles is 1. The average molecular weight is 422 g/mol. The van der Waals surface area contributed by atoms with Crippen molar-refractivity contribution >= 4 is 23.2 Å². The molecular formula is C21H27N9O. The van der Waals surface area contributed by atoms with Crippen molar-refractivity contribution < 1.29 is 4.79 Å². The zero-order valence-electron chi connectivity index (χ0n) is 17.4. The van der Waals surface area contributed by atoms with Gasteiger partial charge in [-0.25, -0.2) is 9.97 Å². The highest BCUT2D eigenvalue weighted by Gasteiger charge is 2.22. The molecule has 0 spiro atoms. The summed E-state index contributed by atoms with van der Waals surface area (Å²) in [4.78, 5) is 21.0. The molecule has 2 aromatic rings. The fraction of sp³-hybridized carbons (Fsp3) is 0.524. The van der Waals surface area contributed by atoms with Crippen molar-refractivity contribution in [2.24, 2.45) is 5.92 Å². The molecule has 4 rings (SSSR count). The highest BCUT2D eigenvalue weighted by molar-refractivity contribution is 5.98. The summed E-state index contributed by atoms with van der Waals surface area (Å²) < 4.78 is 0. The maximum atomic E-state index is 12.9. The molecule has 1 atom stereocenters. The molecule has 0 radical (unpaired) electrons. The van der Waals surface area contributed by atoms with Gasteiger partial charge in [0.15, 0.2) is 17.2 Å². The number of hydrogen-bond donors (Lipinski definition) is 4. The summed E-state index contributed by atoms with van der Waals surface area (Å²) in [5.74, 6) is 1.18. The van der Waals surface area contributed by atoms with Crippen molar-refractivity contribution in [2.75, 3.05) is 30.3 Å². The highest BCUT2D eigenvalue weighted by Crippen LogP contribution is 2.22. The highest BCUT2D eigenvalue weighted by atomic mass is 16.2. The van der Waals surface area contributed by atoms with Gasteiger partial charge in [-0.15, -0.1) is 10.2 Å². The largest absolute Gasteiger partial charge is 0.383 e. The third-order valence-corrected chi connectivity index (χ3v) is 5.70. The molecule has 1 saturated carbocycles. The first kappa shape index (κ1) is 20.9. The molecular weight excluding hydrogens is 394 g/mol. The molecule has 4 N–H and O–H groups in total. The van der Waals surface area contributed by atoms with E-state index in [1.54, 1.807) is 6.07 Å². The molecule has 1 aliphatic carbocycles. The molecule has 1 saturated heterocycles. The molecule has 10 nitrogen and oxygen atoms in total. The summed E-state index contributed by atoms with van der Waals surface area (Å²) in [5, 5.41) is 30.2. The Morgan fingerprint density at radius 3 is 2.71 bits per heavy atom. The van der Waals surface area contributed by atoms with Crippen LogP contribution in [-0.2, 0) is 0 Å². The number of rotatable bonds is 7. The zero-order valence-corrected chi connectivity index (χ0v) is 17.4. The van der Waals surface area contributed by atoms with Crippen molar-refractivity contribution in [3.05, 3.63) is 29.8 Å². The van der Waals surface area contributed by atoms with E-state index in [1.807, 2.05) is 6.07 Å². The molecule has 10 heteroatoms. The fourth-order valence-corrected chi connectivity index (χ4v) is 4.01. The summed E-state index contributed by atoms with van der Waals surface area (Å²) in [6.07, 6.45) is 9.44. The minimum atomic E-state index is -0.201. The number of aromatic nitrogens is 4. The topological polar surface area (TPSA) is 141 Å². The van der Waals surface area contributed by atoms with Gasteiger partial charge < -0.3 is 21.3 Å². The van der Waals surface area contributed by atoms with Crippen LogP contribution in [0.3, 0.4) is 0 Å². The second-order valence-corrected chi connectivity index (χ2v) is 8.06. The number of nitrogens with one attached hydrogen (secondary N) is 4. The standard InChI is InChI=1S/C21H27N9O/c22-9-16-12-26-19(13-24-16)28-18-8-17(25-11-14-4-3-7-23-10-14)20(30-29-18)21(31)27-15-5-1-2-6-15/h8,12-15,23H,1-7,10-11H2,(H,27,31)(H2,25,26,28,29). The Bertz CT molecular complexity index is 929. The lowest BCUT2D eigenvalue weighted by molar-refractivity contribution is 0.0932. The summed E-state index contributed by atoms with van der Waals surface area (Å²) in [6.45, 7) is 2.77. The lowest BCUT2D eigenvalue weighted by atomic mass is 9.99. The van der Waals surface area contributed by atoms with Crippen LogP contribution < -0.4 is 21.3 Å². The van der Waals surface area contributed by atoms with Gasteiger partial charge in [0.25, 0.3) is 5.91 Å². The van der Waals surface area contributed by atoms with E-state index in [-0.39, 0.29) is 17.6 Å². The van der Waals surface area contributed by atoms with Gasteiger partial charge in [-0.05, 0) is 44.7 Å². The van der Waals surface area contributed by atoms with Gasteiger partial charge in [-0.3, -0.25) is 4.79 Å². The molecule has 1 unspecified atom stereocenters. The monoisotopic (exact) mass is 421 g/mol. The minimum Gasteiger partial charge on any atom is -0.383 e. The molecule has 2 aliphatic rings. The van der Waals surface area contributed by atoms with Crippen molar-refractivity contribution in [3.8, 4) is 6.07 Å². The van der Waals surface area contributed by atoms with Crippen LogP contribution in [0, 0.1) is 17.2 Å². The van der Waals surface area contributed by atoms with Crippen molar-refractivity contribution in [1.82, 2.24) is 30.8 Å². The Hall–Kier alpha value is -3.32. The maximum absolute atomic E-state index is 12.9. The first-order chi connectivity index (χ1) is 15.2. The quantitative estimate of drug-likeness (QED) is 0.528. The van der Waals surface area contributed by atoms with E-state index in [0.29, 0.717) is 28.9 Å². The third-order valence-electron chi connectivity index (χ3n) is 5.70. The smallest absolute Gasteiger partial charge is 0.274 e. The molecule has 1 amide bonds. The number of carbonyl (C=O) groups excluding carboxylic acids is 1. The normalized spacial score (nSPS) is 18.9.